The number of nitrogens with one attached hydrogen (secondary N) is 1. The zero-order valence-corrected chi connectivity index (χ0v) is 13.3. The minimum atomic E-state index is 0.480. The van der Waals surface area contributed by atoms with Crippen LogP contribution in [0.5, 0.6) is 0 Å². The van der Waals surface area contributed by atoms with Crippen molar-refractivity contribution in [3.63, 3.8) is 0 Å². The van der Waals surface area contributed by atoms with Crippen LogP contribution in [0.1, 0.15) is 48.1 Å². The second-order valence-electron chi connectivity index (χ2n) is 6.34. The van der Waals surface area contributed by atoms with Crippen LogP contribution < -0.4 is 5.32 Å². The van der Waals surface area contributed by atoms with Gasteiger partial charge >= 0.3 is 0 Å². The zero-order chi connectivity index (χ0) is 14.8. The number of nitrogens with zero attached hydrogens (tertiary/aromatic N) is 2. The van der Waals surface area contributed by atoms with Crippen LogP contribution in [0.15, 0.2) is 24.3 Å². The van der Waals surface area contributed by atoms with E-state index in [4.69, 9.17) is 4.98 Å². The van der Waals surface area contributed by atoms with Gasteiger partial charge in [0, 0.05) is 37.7 Å². The van der Waals surface area contributed by atoms with Gasteiger partial charge in [0.05, 0.1) is 5.69 Å². The molecule has 3 nitrogen and oxygen atoms in total. The van der Waals surface area contributed by atoms with E-state index in [0.29, 0.717) is 5.92 Å². The predicted molar refractivity (Wildman–Crippen MR) is 86.6 cm³/mol. The summed E-state index contributed by atoms with van der Waals surface area (Å²) in [5.74, 6) is 1.73. The summed E-state index contributed by atoms with van der Waals surface area (Å²) in [7, 11) is 0. The molecule has 2 heterocycles. The van der Waals surface area contributed by atoms with E-state index < -0.39 is 0 Å². The predicted octanol–water partition coefficient (Wildman–Crippen LogP) is 3.20. The number of hydrogen-bond acceptors (Lipinski definition) is 2. The lowest BCUT2D eigenvalue weighted by molar-refractivity contribution is 0.567. The van der Waals surface area contributed by atoms with Crippen LogP contribution in [0.4, 0.5) is 0 Å². The molecule has 0 unspecified atom stereocenters. The van der Waals surface area contributed by atoms with Gasteiger partial charge in [0.1, 0.15) is 5.82 Å². The number of fused-ring (bicyclic) bond motifs is 1. The summed E-state index contributed by atoms with van der Waals surface area (Å²) in [5.41, 5.74) is 5.47. The molecule has 2 aromatic rings. The maximum atomic E-state index is 4.88. The number of benzene rings is 1. The molecule has 1 N–H and O–H groups in total. The van der Waals surface area contributed by atoms with Gasteiger partial charge in [-0.1, -0.05) is 43.7 Å². The van der Waals surface area contributed by atoms with Gasteiger partial charge in [-0.2, -0.15) is 0 Å². The number of rotatable bonds is 4. The minimum absolute atomic E-state index is 0.480. The van der Waals surface area contributed by atoms with Crippen molar-refractivity contribution in [3.05, 3.63) is 52.6 Å². The highest BCUT2D eigenvalue weighted by Gasteiger charge is 2.20. The van der Waals surface area contributed by atoms with E-state index in [1.807, 2.05) is 0 Å². The van der Waals surface area contributed by atoms with E-state index in [2.05, 4.69) is 54.9 Å². The minimum Gasteiger partial charge on any atom is -0.331 e. The number of hydrogen-bond donors (Lipinski definition) is 1. The Morgan fingerprint density at radius 3 is 2.95 bits per heavy atom. The molecular weight excluding hydrogens is 258 g/mol. The fourth-order valence-electron chi connectivity index (χ4n) is 3.19. The zero-order valence-electron chi connectivity index (χ0n) is 13.3. The first-order valence-electron chi connectivity index (χ1n) is 7.99. The molecule has 0 atom stereocenters. The first-order chi connectivity index (χ1) is 10.1. The number of aromatic nitrogens is 2. The van der Waals surface area contributed by atoms with E-state index in [1.54, 1.807) is 0 Å². The van der Waals surface area contributed by atoms with Crippen molar-refractivity contribution in [1.82, 2.24) is 14.9 Å². The second-order valence-corrected chi connectivity index (χ2v) is 6.34. The van der Waals surface area contributed by atoms with E-state index in [1.165, 1.54) is 28.3 Å². The molecule has 1 aliphatic rings. The van der Waals surface area contributed by atoms with Crippen molar-refractivity contribution in [2.45, 2.75) is 52.6 Å². The summed E-state index contributed by atoms with van der Waals surface area (Å²) < 4.78 is 2.48. The summed E-state index contributed by atoms with van der Waals surface area (Å²) in [6.07, 6.45) is 2.18. The molecule has 0 radical (unpaired) electrons. The van der Waals surface area contributed by atoms with Gasteiger partial charge in [0.2, 0.25) is 0 Å². The third kappa shape index (κ3) is 3.03. The summed E-state index contributed by atoms with van der Waals surface area (Å²) in [6.45, 7) is 9.68. The Bertz CT molecular complexity index is 625. The van der Waals surface area contributed by atoms with Crippen LogP contribution in [0.3, 0.4) is 0 Å². The average molecular weight is 283 g/mol. The molecule has 0 spiro atoms. The molecule has 0 amide bonds. The van der Waals surface area contributed by atoms with Crippen LogP contribution in [-0.2, 0) is 25.9 Å². The maximum Gasteiger partial charge on any atom is 0.111 e. The Labute approximate surface area is 127 Å². The van der Waals surface area contributed by atoms with Crippen molar-refractivity contribution in [2.75, 3.05) is 6.54 Å². The molecule has 3 rings (SSSR count). The lowest BCUT2D eigenvalue weighted by Crippen LogP contribution is -2.25. The Hall–Kier alpha value is -1.61. The first kappa shape index (κ1) is 14.3. The van der Waals surface area contributed by atoms with Gasteiger partial charge in [-0.15, -0.1) is 0 Å². The molecule has 0 bridgehead atoms. The summed E-state index contributed by atoms with van der Waals surface area (Å²) in [5, 5.41) is 3.43. The Balaban J connectivity index is 1.85. The standard InChI is InChI=1S/C18H25N3/c1-13(2)18-20-16-12-19-9-7-17(16)21(18)10-8-15-6-4-5-14(3)11-15/h4-6,11,13,19H,7-10,12H2,1-3H3. The molecule has 3 heteroatoms. The monoisotopic (exact) mass is 283 g/mol. The highest BCUT2D eigenvalue weighted by molar-refractivity contribution is 5.24. The van der Waals surface area contributed by atoms with E-state index in [9.17, 15) is 0 Å². The van der Waals surface area contributed by atoms with Gasteiger partial charge in [0.15, 0.2) is 0 Å². The fourth-order valence-corrected chi connectivity index (χ4v) is 3.19. The number of imidazole rings is 1. The maximum absolute atomic E-state index is 4.88. The van der Waals surface area contributed by atoms with Crippen molar-refractivity contribution >= 4 is 0 Å². The number of aryl methyl sites for hydroxylation is 2. The quantitative estimate of drug-likeness (QED) is 0.934. The molecule has 112 valence electrons. The van der Waals surface area contributed by atoms with Gasteiger partial charge in [0.25, 0.3) is 0 Å². The van der Waals surface area contributed by atoms with Gasteiger partial charge in [-0.05, 0) is 18.9 Å². The molecule has 1 aromatic heterocycles. The van der Waals surface area contributed by atoms with Crippen LogP contribution in [-0.4, -0.2) is 16.1 Å². The lowest BCUT2D eigenvalue weighted by atomic mass is 10.1. The van der Waals surface area contributed by atoms with Crippen LogP contribution in [0.2, 0.25) is 0 Å². The van der Waals surface area contributed by atoms with Crippen LogP contribution in [0.25, 0.3) is 0 Å². The molecule has 0 aliphatic carbocycles. The molecule has 0 saturated carbocycles. The highest BCUT2D eigenvalue weighted by Crippen LogP contribution is 2.22. The Morgan fingerprint density at radius 1 is 1.33 bits per heavy atom. The van der Waals surface area contributed by atoms with Crippen LogP contribution >= 0.6 is 0 Å². The Morgan fingerprint density at radius 2 is 2.19 bits per heavy atom. The third-order valence-corrected chi connectivity index (χ3v) is 4.24. The van der Waals surface area contributed by atoms with E-state index in [-0.39, 0.29) is 0 Å². The SMILES string of the molecule is Cc1cccc(CCn2c(C(C)C)nc3c2CCNC3)c1. The first-order valence-corrected chi connectivity index (χ1v) is 7.99. The topological polar surface area (TPSA) is 29.9 Å². The smallest absolute Gasteiger partial charge is 0.111 e. The molecule has 0 fully saturated rings. The molecule has 1 aliphatic heterocycles. The third-order valence-electron chi connectivity index (χ3n) is 4.24. The van der Waals surface area contributed by atoms with Gasteiger partial charge in [-0.25, -0.2) is 4.98 Å². The van der Waals surface area contributed by atoms with Gasteiger partial charge in [-0.3, -0.25) is 0 Å². The Kier molecular flexibility index (Phi) is 4.11. The molecule has 1 aromatic carbocycles. The van der Waals surface area contributed by atoms with Crippen molar-refractivity contribution in [1.29, 1.82) is 0 Å². The van der Waals surface area contributed by atoms with Crippen LogP contribution in [0, 0.1) is 6.92 Å². The summed E-state index contributed by atoms with van der Waals surface area (Å²) >= 11 is 0. The normalized spacial score (nSPS) is 14.5. The second kappa shape index (κ2) is 6.02. The fraction of sp³-hybridized carbons (Fsp3) is 0.500. The highest BCUT2D eigenvalue weighted by atomic mass is 15.1. The van der Waals surface area contributed by atoms with Crippen molar-refractivity contribution in [2.24, 2.45) is 0 Å². The lowest BCUT2D eigenvalue weighted by Gasteiger charge is -2.17. The van der Waals surface area contributed by atoms with Crippen molar-refractivity contribution in [3.8, 4) is 0 Å². The van der Waals surface area contributed by atoms with E-state index >= 15 is 0 Å². The summed E-state index contributed by atoms with van der Waals surface area (Å²) in [6, 6.07) is 8.84. The van der Waals surface area contributed by atoms with E-state index in [0.717, 1.165) is 32.5 Å². The molecule has 0 saturated heterocycles. The largest absolute Gasteiger partial charge is 0.331 e. The average Bonchev–Trinajstić information content (AvgIpc) is 2.84. The molecule has 21 heavy (non-hydrogen) atoms. The molecular formula is C18H25N3. The van der Waals surface area contributed by atoms with Gasteiger partial charge < -0.3 is 9.88 Å². The summed E-state index contributed by atoms with van der Waals surface area (Å²) in [4.78, 5) is 4.88. The van der Waals surface area contributed by atoms with Crippen molar-refractivity contribution < 1.29 is 0 Å².